The highest BCUT2D eigenvalue weighted by atomic mass is 32.2. The summed E-state index contributed by atoms with van der Waals surface area (Å²) >= 11 is 1.63. The van der Waals surface area contributed by atoms with Crippen LogP contribution in [-0.4, -0.2) is 65.6 Å². The Balaban J connectivity index is 1.67. The van der Waals surface area contributed by atoms with Crippen molar-refractivity contribution in [3.8, 4) is 11.5 Å². The molecule has 0 N–H and O–H groups in total. The number of rotatable bonds is 6. The standard InChI is InChI=1S/C21H28N2O4S/c1-15(2)27-18-8-6-16(12-19(18)26-3)7-9-20(24)23-14-28-13-17(23)21(25)22-10-4-5-11-22/h6-9,12,15,17H,4-5,10-11,13-14H2,1-3H3/b9-7+/t17-/m1/s1. The van der Waals surface area contributed by atoms with Crippen molar-refractivity contribution >= 4 is 29.7 Å². The van der Waals surface area contributed by atoms with Crippen LogP contribution in [0, 0.1) is 0 Å². The van der Waals surface area contributed by atoms with Gasteiger partial charge in [0, 0.05) is 24.9 Å². The Kier molecular flexibility index (Phi) is 6.88. The third-order valence-corrected chi connectivity index (χ3v) is 5.85. The predicted molar refractivity (Wildman–Crippen MR) is 112 cm³/mol. The number of methoxy groups -OCH3 is 1. The van der Waals surface area contributed by atoms with Gasteiger partial charge < -0.3 is 19.3 Å². The zero-order chi connectivity index (χ0) is 20.1. The Labute approximate surface area is 170 Å². The first-order valence-corrected chi connectivity index (χ1v) is 10.8. The number of nitrogens with zero attached hydrogens (tertiary/aromatic N) is 2. The minimum absolute atomic E-state index is 0.0506. The van der Waals surface area contributed by atoms with Crippen molar-refractivity contribution < 1.29 is 19.1 Å². The van der Waals surface area contributed by atoms with Gasteiger partial charge in [0.2, 0.25) is 11.8 Å². The summed E-state index contributed by atoms with van der Waals surface area (Å²) in [5, 5.41) is 0. The molecule has 0 bridgehead atoms. The minimum Gasteiger partial charge on any atom is -0.493 e. The summed E-state index contributed by atoms with van der Waals surface area (Å²) in [5.74, 6) is 2.47. The molecule has 0 aromatic heterocycles. The summed E-state index contributed by atoms with van der Waals surface area (Å²) in [5.41, 5.74) is 0.843. The van der Waals surface area contributed by atoms with Crippen molar-refractivity contribution in [3.63, 3.8) is 0 Å². The number of carbonyl (C=O) groups excluding carboxylic acids is 2. The fourth-order valence-corrected chi connectivity index (χ4v) is 4.57. The van der Waals surface area contributed by atoms with Gasteiger partial charge in [-0.15, -0.1) is 11.8 Å². The molecule has 0 spiro atoms. The zero-order valence-electron chi connectivity index (χ0n) is 16.7. The highest BCUT2D eigenvalue weighted by Crippen LogP contribution is 2.30. The van der Waals surface area contributed by atoms with Crippen LogP contribution in [0.15, 0.2) is 24.3 Å². The second-order valence-electron chi connectivity index (χ2n) is 7.27. The Bertz CT molecular complexity index is 744. The summed E-state index contributed by atoms with van der Waals surface area (Å²) in [4.78, 5) is 29.0. The van der Waals surface area contributed by atoms with Crippen molar-refractivity contribution in [1.29, 1.82) is 0 Å². The maximum Gasteiger partial charge on any atom is 0.247 e. The molecule has 152 valence electrons. The van der Waals surface area contributed by atoms with Gasteiger partial charge in [0.15, 0.2) is 11.5 Å². The number of hydrogen-bond donors (Lipinski definition) is 0. The summed E-state index contributed by atoms with van der Waals surface area (Å²) in [6, 6.07) is 5.22. The van der Waals surface area contributed by atoms with E-state index in [2.05, 4.69) is 0 Å². The van der Waals surface area contributed by atoms with Gasteiger partial charge in [-0.3, -0.25) is 9.59 Å². The van der Waals surface area contributed by atoms with E-state index in [1.165, 1.54) is 6.08 Å². The van der Waals surface area contributed by atoms with E-state index in [1.54, 1.807) is 29.8 Å². The second kappa shape index (κ2) is 9.37. The maximum atomic E-state index is 12.7. The SMILES string of the molecule is COc1cc(/C=C/C(=O)N2CSC[C@@H]2C(=O)N2CCCC2)ccc1OC(C)C. The van der Waals surface area contributed by atoms with Crippen LogP contribution in [0.2, 0.25) is 0 Å². The first-order valence-electron chi connectivity index (χ1n) is 9.69. The van der Waals surface area contributed by atoms with E-state index >= 15 is 0 Å². The van der Waals surface area contributed by atoms with E-state index in [4.69, 9.17) is 9.47 Å². The molecule has 2 saturated heterocycles. The maximum absolute atomic E-state index is 12.7. The molecule has 28 heavy (non-hydrogen) atoms. The van der Waals surface area contributed by atoms with E-state index in [1.807, 2.05) is 36.9 Å². The molecular weight excluding hydrogens is 376 g/mol. The smallest absolute Gasteiger partial charge is 0.247 e. The number of likely N-dealkylation sites (tertiary alicyclic amines) is 1. The average molecular weight is 405 g/mol. The van der Waals surface area contributed by atoms with Crippen molar-refractivity contribution in [2.45, 2.75) is 38.8 Å². The highest BCUT2D eigenvalue weighted by molar-refractivity contribution is 7.99. The molecule has 7 heteroatoms. The Hall–Kier alpha value is -2.15. The molecule has 2 amide bonds. The third-order valence-electron chi connectivity index (χ3n) is 4.84. The molecule has 2 fully saturated rings. The quantitative estimate of drug-likeness (QED) is 0.682. The van der Waals surface area contributed by atoms with Crippen LogP contribution in [0.5, 0.6) is 11.5 Å². The zero-order valence-corrected chi connectivity index (χ0v) is 17.5. The molecule has 2 heterocycles. The summed E-state index contributed by atoms with van der Waals surface area (Å²) in [6.45, 7) is 5.53. The van der Waals surface area contributed by atoms with Gasteiger partial charge in [-0.25, -0.2) is 0 Å². The number of amides is 2. The first-order chi connectivity index (χ1) is 13.5. The van der Waals surface area contributed by atoms with Gasteiger partial charge in [0.25, 0.3) is 0 Å². The van der Waals surface area contributed by atoms with Crippen molar-refractivity contribution in [1.82, 2.24) is 9.80 Å². The topological polar surface area (TPSA) is 59.1 Å². The normalized spacial score (nSPS) is 19.6. The number of ether oxygens (including phenoxy) is 2. The molecule has 1 atom stereocenters. The van der Waals surface area contributed by atoms with Gasteiger partial charge in [-0.05, 0) is 50.5 Å². The van der Waals surface area contributed by atoms with E-state index in [0.29, 0.717) is 23.1 Å². The fourth-order valence-electron chi connectivity index (χ4n) is 3.42. The summed E-state index contributed by atoms with van der Waals surface area (Å²) < 4.78 is 11.1. The van der Waals surface area contributed by atoms with E-state index in [-0.39, 0.29) is 24.0 Å². The van der Waals surface area contributed by atoms with Gasteiger partial charge >= 0.3 is 0 Å². The molecule has 0 aliphatic carbocycles. The van der Waals surface area contributed by atoms with Crippen LogP contribution in [0.1, 0.15) is 32.3 Å². The largest absolute Gasteiger partial charge is 0.493 e. The first kappa shape index (κ1) is 20.6. The fraction of sp³-hybridized carbons (Fsp3) is 0.524. The minimum atomic E-state index is -0.350. The lowest BCUT2D eigenvalue weighted by molar-refractivity contribution is -0.140. The molecule has 0 radical (unpaired) electrons. The Morgan fingerprint density at radius 1 is 1.21 bits per heavy atom. The van der Waals surface area contributed by atoms with Crippen molar-refractivity contribution in [2.24, 2.45) is 0 Å². The molecule has 1 aromatic rings. The van der Waals surface area contributed by atoms with Crippen LogP contribution < -0.4 is 9.47 Å². The van der Waals surface area contributed by atoms with Gasteiger partial charge in [0.05, 0.1) is 19.1 Å². The molecule has 2 aliphatic rings. The molecule has 3 rings (SSSR count). The molecular formula is C21H28N2O4S. The van der Waals surface area contributed by atoms with Gasteiger partial charge in [-0.1, -0.05) is 6.07 Å². The molecule has 0 saturated carbocycles. The third kappa shape index (κ3) is 4.82. The van der Waals surface area contributed by atoms with Crippen molar-refractivity contribution in [2.75, 3.05) is 31.8 Å². The van der Waals surface area contributed by atoms with Crippen LogP contribution in [0.3, 0.4) is 0 Å². The van der Waals surface area contributed by atoms with E-state index in [0.717, 1.165) is 31.5 Å². The lowest BCUT2D eigenvalue weighted by atomic mass is 10.1. The Morgan fingerprint density at radius 3 is 2.64 bits per heavy atom. The number of thioether (sulfide) groups is 1. The van der Waals surface area contributed by atoms with Crippen LogP contribution >= 0.6 is 11.8 Å². The predicted octanol–water partition coefficient (Wildman–Crippen LogP) is 3.02. The number of benzene rings is 1. The molecule has 6 nitrogen and oxygen atoms in total. The highest BCUT2D eigenvalue weighted by Gasteiger charge is 2.36. The van der Waals surface area contributed by atoms with Crippen molar-refractivity contribution in [3.05, 3.63) is 29.8 Å². The number of hydrogen-bond acceptors (Lipinski definition) is 5. The lowest BCUT2D eigenvalue weighted by Gasteiger charge is -2.26. The summed E-state index contributed by atoms with van der Waals surface area (Å²) in [7, 11) is 1.59. The summed E-state index contributed by atoms with van der Waals surface area (Å²) in [6.07, 6.45) is 5.45. The molecule has 1 aromatic carbocycles. The lowest BCUT2D eigenvalue weighted by Crippen LogP contribution is -2.47. The van der Waals surface area contributed by atoms with E-state index in [9.17, 15) is 9.59 Å². The van der Waals surface area contributed by atoms with Crippen LogP contribution in [0.25, 0.3) is 6.08 Å². The van der Waals surface area contributed by atoms with E-state index < -0.39 is 0 Å². The van der Waals surface area contributed by atoms with Crippen LogP contribution in [0.4, 0.5) is 0 Å². The molecule has 2 aliphatic heterocycles. The van der Waals surface area contributed by atoms with Crippen LogP contribution in [-0.2, 0) is 9.59 Å². The average Bonchev–Trinajstić information content (AvgIpc) is 3.37. The molecule has 0 unspecified atom stereocenters. The van der Waals surface area contributed by atoms with Gasteiger partial charge in [-0.2, -0.15) is 0 Å². The number of carbonyl (C=O) groups is 2. The van der Waals surface area contributed by atoms with Gasteiger partial charge in [0.1, 0.15) is 6.04 Å². The monoisotopic (exact) mass is 404 g/mol. The Morgan fingerprint density at radius 2 is 1.96 bits per heavy atom. The second-order valence-corrected chi connectivity index (χ2v) is 8.27.